The van der Waals surface area contributed by atoms with Crippen molar-refractivity contribution in [2.45, 2.75) is 69.5 Å². The molecule has 1 aliphatic carbocycles. The normalized spacial score (nSPS) is 32.4. The summed E-state index contributed by atoms with van der Waals surface area (Å²) >= 11 is 0. The van der Waals surface area contributed by atoms with E-state index < -0.39 is 0 Å². The highest BCUT2D eigenvalue weighted by Gasteiger charge is 2.72. The van der Waals surface area contributed by atoms with Crippen molar-refractivity contribution in [3.63, 3.8) is 0 Å². The molecule has 1 aromatic carbocycles. The highest BCUT2D eigenvalue weighted by Crippen LogP contribution is 2.59. The quantitative estimate of drug-likeness (QED) is 0.274. The fourth-order valence-corrected chi connectivity index (χ4v) is 5.64. The van der Waals surface area contributed by atoms with E-state index in [-0.39, 0.29) is 47.9 Å². The number of rotatable bonds is 11. The predicted molar refractivity (Wildman–Crippen MR) is 134 cm³/mol. The number of benzene rings is 1. The number of ether oxygens (including phenoxy) is 7. The SMILES string of the molecule is COc1cc(NCC(=O)O[C@@H]2CC[C@]3(CO3)[C@@H]([C@@]3(C)OC3CC=C(C)C)[C@@H]2OC)cc(OC)c1OC. The van der Waals surface area contributed by atoms with E-state index in [1.165, 1.54) is 5.57 Å². The Hall–Kier alpha value is -2.49. The molecule has 4 rings (SSSR count). The van der Waals surface area contributed by atoms with Crippen molar-refractivity contribution in [1.82, 2.24) is 0 Å². The van der Waals surface area contributed by atoms with Crippen molar-refractivity contribution in [2.75, 3.05) is 46.9 Å². The Morgan fingerprint density at radius 3 is 2.33 bits per heavy atom. The average Bonchev–Trinajstić information content (AvgIpc) is 3.78. The molecule has 3 aliphatic rings. The molecule has 9 nitrogen and oxygen atoms in total. The van der Waals surface area contributed by atoms with E-state index in [4.69, 9.17) is 33.2 Å². The molecule has 1 aromatic rings. The van der Waals surface area contributed by atoms with Gasteiger partial charge in [-0.2, -0.15) is 0 Å². The van der Waals surface area contributed by atoms with Gasteiger partial charge in [0.25, 0.3) is 0 Å². The highest BCUT2D eigenvalue weighted by atomic mass is 16.6. The zero-order valence-corrected chi connectivity index (χ0v) is 22.3. The van der Waals surface area contributed by atoms with Gasteiger partial charge in [-0.3, -0.25) is 4.79 Å². The largest absolute Gasteiger partial charge is 0.493 e. The Morgan fingerprint density at radius 2 is 1.81 bits per heavy atom. The van der Waals surface area contributed by atoms with Crippen LogP contribution in [0.4, 0.5) is 5.69 Å². The van der Waals surface area contributed by atoms with Gasteiger partial charge in [0, 0.05) is 24.9 Å². The summed E-state index contributed by atoms with van der Waals surface area (Å²) in [4.78, 5) is 12.9. The molecule has 0 bridgehead atoms. The molecule has 3 fully saturated rings. The van der Waals surface area contributed by atoms with Crippen molar-refractivity contribution in [3.05, 3.63) is 23.8 Å². The molecule has 200 valence electrons. The van der Waals surface area contributed by atoms with Gasteiger partial charge in [0.1, 0.15) is 30.0 Å². The minimum atomic E-state index is -0.380. The fraction of sp³-hybridized carbons (Fsp3) is 0.667. The van der Waals surface area contributed by atoms with Gasteiger partial charge in [0.2, 0.25) is 5.75 Å². The van der Waals surface area contributed by atoms with Crippen molar-refractivity contribution in [3.8, 4) is 17.2 Å². The fourth-order valence-electron chi connectivity index (χ4n) is 5.64. The van der Waals surface area contributed by atoms with E-state index in [0.717, 1.165) is 12.8 Å². The number of carbonyl (C=O) groups excluding carboxylic acids is 1. The maximum Gasteiger partial charge on any atom is 0.325 e. The second kappa shape index (κ2) is 10.5. The van der Waals surface area contributed by atoms with Gasteiger partial charge >= 0.3 is 5.97 Å². The number of hydrogen-bond donors (Lipinski definition) is 1. The summed E-state index contributed by atoms with van der Waals surface area (Å²) in [5.41, 5.74) is 1.29. The smallest absolute Gasteiger partial charge is 0.325 e. The summed E-state index contributed by atoms with van der Waals surface area (Å²) in [6.45, 7) is 6.98. The van der Waals surface area contributed by atoms with Gasteiger partial charge < -0.3 is 38.5 Å². The van der Waals surface area contributed by atoms with Crippen LogP contribution in [0.5, 0.6) is 17.2 Å². The van der Waals surface area contributed by atoms with E-state index in [1.807, 2.05) is 0 Å². The number of allylic oxidation sites excluding steroid dienone is 1. The van der Waals surface area contributed by atoms with Gasteiger partial charge in [-0.25, -0.2) is 0 Å². The summed E-state index contributed by atoms with van der Waals surface area (Å²) in [6.07, 6.45) is 3.96. The first-order valence-electron chi connectivity index (χ1n) is 12.4. The first-order chi connectivity index (χ1) is 17.2. The summed E-state index contributed by atoms with van der Waals surface area (Å²) in [6, 6.07) is 3.49. The Balaban J connectivity index is 1.42. The van der Waals surface area contributed by atoms with Crippen LogP contribution < -0.4 is 19.5 Å². The van der Waals surface area contributed by atoms with Crippen LogP contribution in [0.1, 0.15) is 40.0 Å². The summed E-state index contributed by atoms with van der Waals surface area (Å²) < 4.78 is 40.2. The molecule has 2 saturated heterocycles. The summed E-state index contributed by atoms with van der Waals surface area (Å²) in [5.74, 6) is 1.10. The number of anilines is 1. The first kappa shape index (κ1) is 26.6. The zero-order valence-electron chi connectivity index (χ0n) is 22.3. The molecule has 2 aliphatic heterocycles. The molecule has 1 N–H and O–H groups in total. The van der Waals surface area contributed by atoms with Gasteiger partial charge in [0.15, 0.2) is 11.5 Å². The van der Waals surface area contributed by atoms with E-state index in [2.05, 4.69) is 32.2 Å². The Morgan fingerprint density at radius 1 is 1.14 bits per heavy atom. The van der Waals surface area contributed by atoms with E-state index in [0.29, 0.717) is 36.0 Å². The molecular weight excluding hydrogens is 466 g/mol. The average molecular weight is 506 g/mol. The molecule has 0 radical (unpaired) electrons. The molecule has 2 heterocycles. The van der Waals surface area contributed by atoms with Gasteiger partial charge in [-0.05, 0) is 40.0 Å². The molecule has 1 saturated carbocycles. The Labute approximate surface area is 213 Å². The van der Waals surface area contributed by atoms with Gasteiger partial charge in [0.05, 0.1) is 40.0 Å². The lowest BCUT2D eigenvalue weighted by molar-refractivity contribution is -0.170. The number of carbonyl (C=O) groups is 1. The molecular formula is C27H39NO8. The topological polar surface area (TPSA) is 100 Å². The second-order valence-electron chi connectivity index (χ2n) is 10.2. The Kier molecular flexibility index (Phi) is 7.73. The molecule has 9 heteroatoms. The van der Waals surface area contributed by atoms with Crippen LogP contribution in [-0.2, 0) is 23.7 Å². The predicted octanol–water partition coefficient (Wildman–Crippen LogP) is 3.74. The minimum absolute atomic E-state index is 0.0137. The van der Waals surface area contributed by atoms with E-state index >= 15 is 0 Å². The number of epoxide rings is 2. The lowest BCUT2D eigenvalue weighted by atomic mass is 9.68. The van der Waals surface area contributed by atoms with Crippen LogP contribution in [0.15, 0.2) is 23.8 Å². The van der Waals surface area contributed by atoms with Crippen LogP contribution in [0, 0.1) is 5.92 Å². The molecule has 1 spiro atoms. The maximum atomic E-state index is 12.9. The third-order valence-corrected chi connectivity index (χ3v) is 7.62. The first-order valence-corrected chi connectivity index (χ1v) is 12.4. The van der Waals surface area contributed by atoms with Crippen LogP contribution in [0.2, 0.25) is 0 Å². The molecule has 6 atom stereocenters. The monoisotopic (exact) mass is 505 g/mol. The second-order valence-corrected chi connectivity index (χ2v) is 10.2. The maximum absolute atomic E-state index is 12.9. The number of hydrogen-bond acceptors (Lipinski definition) is 9. The summed E-state index contributed by atoms with van der Waals surface area (Å²) in [7, 11) is 6.31. The van der Waals surface area contributed by atoms with Gasteiger partial charge in [-0.1, -0.05) is 11.6 Å². The third kappa shape index (κ3) is 5.14. The number of methoxy groups -OCH3 is 4. The Bertz CT molecular complexity index is 961. The van der Waals surface area contributed by atoms with E-state index in [1.54, 1.807) is 40.6 Å². The van der Waals surface area contributed by atoms with Crippen molar-refractivity contribution in [2.24, 2.45) is 5.92 Å². The minimum Gasteiger partial charge on any atom is -0.493 e. The summed E-state index contributed by atoms with van der Waals surface area (Å²) in [5, 5.41) is 3.10. The third-order valence-electron chi connectivity index (χ3n) is 7.62. The standard InChI is InChI=1S/C27H39NO8/c1-16(2)8-9-21-26(3,36-21)25-24(33-7)18(10-11-27(25)15-34-27)35-22(29)14-28-17-12-19(30-4)23(32-6)20(13-17)31-5/h8,12-13,18,21,24-25,28H,9-11,14-15H2,1-7H3/t18-,21?,24-,25-,26+,27+/m1/s1. The lowest BCUT2D eigenvalue weighted by Crippen LogP contribution is -2.55. The van der Waals surface area contributed by atoms with Crippen molar-refractivity contribution >= 4 is 11.7 Å². The van der Waals surface area contributed by atoms with Crippen LogP contribution >= 0.6 is 0 Å². The van der Waals surface area contributed by atoms with Crippen LogP contribution in [0.25, 0.3) is 0 Å². The van der Waals surface area contributed by atoms with Crippen molar-refractivity contribution in [1.29, 1.82) is 0 Å². The molecule has 36 heavy (non-hydrogen) atoms. The lowest BCUT2D eigenvalue weighted by Gasteiger charge is -2.42. The molecule has 1 unspecified atom stereocenters. The zero-order chi connectivity index (χ0) is 26.1. The highest BCUT2D eigenvalue weighted by molar-refractivity contribution is 5.76. The number of esters is 1. The number of nitrogens with one attached hydrogen (secondary N) is 1. The molecule has 0 aromatic heterocycles. The van der Waals surface area contributed by atoms with Gasteiger partial charge in [-0.15, -0.1) is 0 Å². The van der Waals surface area contributed by atoms with E-state index in [9.17, 15) is 4.79 Å². The van der Waals surface area contributed by atoms with Crippen LogP contribution in [0.3, 0.4) is 0 Å². The van der Waals surface area contributed by atoms with Crippen molar-refractivity contribution < 1.29 is 38.0 Å². The molecule has 0 amide bonds. The van der Waals surface area contributed by atoms with Crippen LogP contribution in [-0.4, -0.2) is 77.1 Å².